The van der Waals surface area contributed by atoms with E-state index >= 15 is 0 Å². The largest absolute Gasteiger partial charge is 0.378 e. The number of rotatable bonds is 3. The van der Waals surface area contributed by atoms with E-state index in [1.54, 1.807) is 0 Å². The van der Waals surface area contributed by atoms with Crippen LogP contribution in [0.1, 0.15) is 15.9 Å². The molecule has 0 saturated heterocycles. The number of nitrogens with zero attached hydrogens (tertiary/aromatic N) is 1. The normalized spacial score (nSPS) is 10.2. The lowest BCUT2D eigenvalue weighted by Crippen LogP contribution is -2.14. The molecular weight excluding hydrogens is 316 g/mol. The molecule has 2 aromatic carbocycles. The van der Waals surface area contributed by atoms with Crippen molar-refractivity contribution in [3.8, 4) is 0 Å². The summed E-state index contributed by atoms with van der Waals surface area (Å²) >= 11 is 3.45. The molecule has 104 valence electrons. The van der Waals surface area contributed by atoms with Crippen molar-refractivity contribution in [3.05, 3.63) is 58.1 Å². The van der Waals surface area contributed by atoms with E-state index in [-0.39, 0.29) is 5.91 Å². The molecule has 0 aliphatic heterocycles. The van der Waals surface area contributed by atoms with Gasteiger partial charge in [0, 0.05) is 35.5 Å². The number of hydrogen-bond acceptors (Lipinski definition) is 2. The maximum absolute atomic E-state index is 12.2. The molecule has 2 rings (SSSR count). The number of benzene rings is 2. The predicted octanol–water partition coefficient (Wildman–Crippen LogP) is 4.08. The number of hydrogen-bond donors (Lipinski definition) is 1. The van der Waals surface area contributed by atoms with Crippen LogP contribution in [0.3, 0.4) is 0 Å². The van der Waals surface area contributed by atoms with Crippen molar-refractivity contribution in [2.24, 2.45) is 0 Å². The number of carbonyl (C=O) groups is 1. The molecular formula is C16H17BrN2O. The van der Waals surface area contributed by atoms with Gasteiger partial charge in [-0.1, -0.05) is 22.0 Å². The molecule has 0 spiro atoms. The zero-order valence-electron chi connectivity index (χ0n) is 11.8. The minimum absolute atomic E-state index is 0.101. The fourth-order valence-corrected chi connectivity index (χ4v) is 2.10. The molecule has 0 aliphatic rings. The summed E-state index contributed by atoms with van der Waals surface area (Å²) in [5, 5.41) is 2.91. The molecule has 0 atom stereocenters. The van der Waals surface area contributed by atoms with Crippen LogP contribution in [-0.4, -0.2) is 20.0 Å². The monoisotopic (exact) mass is 332 g/mol. The third-order valence-corrected chi connectivity index (χ3v) is 3.93. The van der Waals surface area contributed by atoms with Crippen molar-refractivity contribution < 1.29 is 4.79 Å². The Morgan fingerprint density at radius 3 is 2.55 bits per heavy atom. The SMILES string of the molecule is Cc1cc(NC(=O)c2cccc(N(C)C)c2)ccc1Br. The molecule has 0 fully saturated rings. The molecule has 3 nitrogen and oxygen atoms in total. The first kappa shape index (κ1) is 14.6. The van der Waals surface area contributed by atoms with E-state index in [4.69, 9.17) is 0 Å². The van der Waals surface area contributed by atoms with Gasteiger partial charge < -0.3 is 10.2 Å². The van der Waals surface area contributed by atoms with Crippen LogP contribution in [0.4, 0.5) is 11.4 Å². The molecule has 0 aliphatic carbocycles. The number of nitrogens with one attached hydrogen (secondary N) is 1. The highest BCUT2D eigenvalue weighted by molar-refractivity contribution is 9.10. The van der Waals surface area contributed by atoms with Crippen molar-refractivity contribution in [2.75, 3.05) is 24.3 Å². The Hall–Kier alpha value is -1.81. The Kier molecular flexibility index (Phi) is 4.45. The zero-order chi connectivity index (χ0) is 14.7. The van der Waals surface area contributed by atoms with Gasteiger partial charge in [-0.3, -0.25) is 4.79 Å². The molecule has 1 N–H and O–H groups in total. The molecule has 0 radical (unpaired) electrons. The van der Waals surface area contributed by atoms with Gasteiger partial charge in [0.2, 0.25) is 0 Å². The maximum atomic E-state index is 12.2. The Labute approximate surface area is 127 Å². The van der Waals surface area contributed by atoms with E-state index < -0.39 is 0 Å². The summed E-state index contributed by atoms with van der Waals surface area (Å²) in [4.78, 5) is 14.2. The van der Waals surface area contributed by atoms with Crippen LogP contribution in [0.5, 0.6) is 0 Å². The summed E-state index contributed by atoms with van der Waals surface area (Å²) in [5.74, 6) is -0.101. The van der Waals surface area contributed by atoms with E-state index in [0.717, 1.165) is 21.4 Å². The standard InChI is InChI=1S/C16H17BrN2O/c1-11-9-13(7-8-15(11)17)18-16(20)12-5-4-6-14(10-12)19(2)3/h4-10H,1-3H3,(H,18,20). The van der Waals surface area contributed by atoms with Crippen molar-refractivity contribution in [1.29, 1.82) is 0 Å². The summed E-state index contributed by atoms with van der Waals surface area (Å²) < 4.78 is 1.03. The quantitative estimate of drug-likeness (QED) is 0.918. The van der Waals surface area contributed by atoms with Crippen molar-refractivity contribution >= 4 is 33.2 Å². The van der Waals surface area contributed by atoms with Gasteiger partial charge in [-0.15, -0.1) is 0 Å². The van der Waals surface area contributed by atoms with Crippen LogP contribution in [0, 0.1) is 6.92 Å². The second-order valence-electron chi connectivity index (χ2n) is 4.86. The average molecular weight is 333 g/mol. The highest BCUT2D eigenvalue weighted by atomic mass is 79.9. The van der Waals surface area contributed by atoms with E-state index in [9.17, 15) is 4.79 Å². The highest BCUT2D eigenvalue weighted by Gasteiger charge is 2.08. The van der Waals surface area contributed by atoms with Crippen LogP contribution in [0.25, 0.3) is 0 Å². The summed E-state index contributed by atoms with van der Waals surface area (Å²) in [5.41, 5.74) is 3.54. The van der Waals surface area contributed by atoms with Gasteiger partial charge in [0.15, 0.2) is 0 Å². The Morgan fingerprint density at radius 1 is 1.15 bits per heavy atom. The smallest absolute Gasteiger partial charge is 0.255 e. The van der Waals surface area contributed by atoms with Crippen molar-refractivity contribution in [1.82, 2.24) is 0 Å². The molecule has 0 heterocycles. The number of halogens is 1. The van der Waals surface area contributed by atoms with Crippen LogP contribution >= 0.6 is 15.9 Å². The van der Waals surface area contributed by atoms with Gasteiger partial charge in [-0.05, 0) is 48.9 Å². The molecule has 0 unspecified atom stereocenters. The lowest BCUT2D eigenvalue weighted by atomic mass is 10.1. The summed E-state index contributed by atoms with van der Waals surface area (Å²) in [7, 11) is 3.91. The molecule has 1 amide bonds. The lowest BCUT2D eigenvalue weighted by Gasteiger charge is -2.13. The van der Waals surface area contributed by atoms with E-state index in [1.165, 1.54) is 0 Å². The number of amides is 1. The molecule has 0 bridgehead atoms. The molecule has 20 heavy (non-hydrogen) atoms. The van der Waals surface area contributed by atoms with Crippen LogP contribution in [0.2, 0.25) is 0 Å². The fraction of sp³-hybridized carbons (Fsp3) is 0.188. The highest BCUT2D eigenvalue weighted by Crippen LogP contribution is 2.21. The third-order valence-electron chi connectivity index (χ3n) is 3.04. The third kappa shape index (κ3) is 3.39. The molecule has 2 aromatic rings. The molecule has 0 saturated carbocycles. The second-order valence-corrected chi connectivity index (χ2v) is 5.72. The number of carbonyl (C=O) groups excluding carboxylic acids is 1. The zero-order valence-corrected chi connectivity index (χ0v) is 13.4. The Morgan fingerprint density at radius 2 is 1.90 bits per heavy atom. The van der Waals surface area contributed by atoms with Gasteiger partial charge in [0.05, 0.1) is 0 Å². The van der Waals surface area contributed by atoms with Gasteiger partial charge in [-0.2, -0.15) is 0 Å². The molecule has 4 heteroatoms. The van der Waals surface area contributed by atoms with Gasteiger partial charge in [-0.25, -0.2) is 0 Å². The topological polar surface area (TPSA) is 32.3 Å². The first-order valence-corrected chi connectivity index (χ1v) is 7.11. The number of aryl methyl sites for hydroxylation is 1. The van der Waals surface area contributed by atoms with E-state index in [2.05, 4.69) is 21.2 Å². The first-order chi connectivity index (χ1) is 9.47. The lowest BCUT2D eigenvalue weighted by molar-refractivity contribution is 0.102. The Bertz CT molecular complexity index is 638. The number of anilines is 2. The van der Waals surface area contributed by atoms with Crippen LogP contribution in [0.15, 0.2) is 46.9 Å². The fourth-order valence-electron chi connectivity index (χ4n) is 1.85. The Balaban J connectivity index is 2.19. The van der Waals surface area contributed by atoms with Gasteiger partial charge in [0.1, 0.15) is 0 Å². The second kappa shape index (κ2) is 6.09. The first-order valence-electron chi connectivity index (χ1n) is 6.32. The van der Waals surface area contributed by atoms with E-state index in [1.807, 2.05) is 68.4 Å². The van der Waals surface area contributed by atoms with E-state index in [0.29, 0.717) is 5.56 Å². The van der Waals surface area contributed by atoms with Crippen LogP contribution < -0.4 is 10.2 Å². The maximum Gasteiger partial charge on any atom is 0.255 e. The van der Waals surface area contributed by atoms with Crippen molar-refractivity contribution in [3.63, 3.8) is 0 Å². The van der Waals surface area contributed by atoms with Gasteiger partial charge in [0.25, 0.3) is 5.91 Å². The molecule has 0 aromatic heterocycles. The van der Waals surface area contributed by atoms with Gasteiger partial charge >= 0.3 is 0 Å². The predicted molar refractivity (Wildman–Crippen MR) is 87.6 cm³/mol. The summed E-state index contributed by atoms with van der Waals surface area (Å²) in [6.45, 7) is 1.99. The van der Waals surface area contributed by atoms with Crippen LogP contribution in [-0.2, 0) is 0 Å². The minimum atomic E-state index is -0.101. The minimum Gasteiger partial charge on any atom is -0.378 e. The average Bonchev–Trinajstić information content (AvgIpc) is 2.43. The van der Waals surface area contributed by atoms with Crippen molar-refractivity contribution in [2.45, 2.75) is 6.92 Å². The summed E-state index contributed by atoms with van der Waals surface area (Å²) in [6.07, 6.45) is 0. The summed E-state index contributed by atoms with van der Waals surface area (Å²) in [6, 6.07) is 13.3.